The average Bonchev–Trinajstić information content (AvgIpc) is 3.15. The fourth-order valence-corrected chi connectivity index (χ4v) is 3.32. The molecule has 0 radical (unpaired) electrons. The number of aryl methyl sites for hydroxylation is 1. The van der Waals surface area contributed by atoms with Crippen molar-refractivity contribution in [1.29, 1.82) is 0 Å². The van der Waals surface area contributed by atoms with Gasteiger partial charge in [0.2, 0.25) is 5.76 Å². The number of benzene rings is 1. The Balaban J connectivity index is 2.03. The van der Waals surface area contributed by atoms with E-state index in [4.69, 9.17) is 14.4 Å². The number of ether oxygens (including phenoxy) is 1. The molecule has 0 fully saturated rings. The van der Waals surface area contributed by atoms with Gasteiger partial charge in [-0.25, -0.2) is 8.42 Å². The van der Waals surface area contributed by atoms with Crippen LogP contribution in [0.1, 0.15) is 43.2 Å². The van der Waals surface area contributed by atoms with Gasteiger partial charge in [0.25, 0.3) is 0 Å². The highest BCUT2D eigenvalue weighted by Gasteiger charge is 2.44. The number of unbranched alkanes of at least 4 members (excludes halogenated alkanes) is 1. The second-order valence-corrected chi connectivity index (χ2v) is 9.32. The van der Waals surface area contributed by atoms with E-state index < -0.39 is 20.6 Å². The third-order valence-electron chi connectivity index (χ3n) is 4.55. The highest BCUT2D eigenvalue weighted by molar-refractivity contribution is 7.92. The van der Waals surface area contributed by atoms with Crippen molar-refractivity contribution in [3.8, 4) is 11.8 Å². The topological polar surface area (TPSA) is 107 Å². The lowest BCUT2D eigenvalue weighted by Gasteiger charge is -2.25. The van der Waals surface area contributed by atoms with E-state index in [9.17, 15) is 13.2 Å². The van der Waals surface area contributed by atoms with Crippen molar-refractivity contribution in [1.82, 2.24) is 5.16 Å². The Bertz CT molecular complexity index is 971. The second kappa shape index (κ2) is 10.2. The molecule has 1 aromatic heterocycles. The summed E-state index contributed by atoms with van der Waals surface area (Å²) in [7, 11) is -3.74. The van der Waals surface area contributed by atoms with Crippen molar-refractivity contribution < 1.29 is 27.6 Å². The summed E-state index contributed by atoms with van der Waals surface area (Å²) in [4.78, 5) is 12.6. The number of aromatic nitrogens is 1. The zero-order valence-electron chi connectivity index (χ0n) is 16.6. The van der Waals surface area contributed by atoms with Crippen molar-refractivity contribution >= 4 is 15.8 Å². The van der Waals surface area contributed by atoms with E-state index in [0.717, 1.165) is 11.8 Å². The highest BCUT2D eigenvalue weighted by atomic mass is 32.2. The maximum atomic E-state index is 12.6. The van der Waals surface area contributed by atoms with Crippen LogP contribution in [-0.2, 0) is 32.4 Å². The molecule has 2 aromatic rings. The molecule has 1 N–H and O–H groups in total. The first-order valence-corrected chi connectivity index (χ1v) is 11.1. The molecule has 0 aliphatic heterocycles. The molecular weight excluding hydrogens is 394 g/mol. The largest absolute Gasteiger partial charge is 0.460 e. The average molecular weight is 419 g/mol. The molecule has 156 valence electrons. The Hall–Kier alpha value is -2.63. The zero-order valence-corrected chi connectivity index (χ0v) is 17.4. The Morgan fingerprint density at radius 1 is 1.31 bits per heavy atom. The molecule has 0 spiro atoms. The monoisotopic (exact) mass is 419 g/mol. The van der Waals surface area contributed by atoms with Crippen molar-refractivity contribution in [2.45, 2.75) is 44.0 Å². The molecule has 1 atom stereocenters. The Labute approximate surface area is 171 Å². The van der Waals surface area contributed by atoms with Crippen molar-refractivity contribution in [3.05, 3.63) is 53.4 Å². The van der Waals surface area contributed by atoms with E-state index in [1.54, 1.807) is 18.2 Å². The first kappa shape index (κ1) is 22.7. The molecule has 0 bridgehead atoms. The molecule has 0 aliphatic rings. The fraction of sp³-hybridized carbons (Fsp3) is 0.429. The van der Waals surface area contributed by atoms with E-state index in [2.05, 4.69) is 17.0 Å². The summed E-state index contributed by atoms with van der Waals surface area (Å²) in [5, 5.41) is 12.6. The molecular formula is C21H25NO6S. The summed E-state index contributed by atoms with van der Waals surface area (Å²) in [6.07, 6.45) is 2.35. The molecule has 8 heteroatoms. The Kier molecular flexibility index (Phi) is 8.00. The van der Waals surface area contributed by atoms with Crippen LogP contribution >= 0.6 is 0 Å². The van der Waals surface area contributed by atoms with Crippen molar-refractivity contribution in [3.63, 3.8) is 0 Å². The van der Waals surface area contributed by atoms with E-state index in [1.165, 1.54) is 6.92 Å². The molecule has 7 nitrogen and oxygen atoms in total. The van der Waals surface area contributed by atoms with Crippen LogP contribution in [0.2, 0.25) is 0 Å². The number of aliphatic hydroxyl groups excluding tert-OH is 1. The SMILES string of the molecule is C[C@@](CCc1cc(C#CCCCO)on1)(C(=O)OCc1ccccc1)S(C)(=O)=O. The lowest BCUT2D eigenvalue weighted by atomic mass is 10.0. The summed E-state index contributed by atoms with van der Waals surface area (Å²) in [6, 6.07) is 10.7. The molecule has 2 rings (SSSR count). The molecule has 0 aliphatic carbocycles. The van der Waals surface area contributed by atoms with Gasteiger partial charge >= 0.3 is 5.97 Å². The van der Waals surface area contributed by atoms with E-state index in [-0.39, 0.29) is 26.1 Å². The van der Waals surface area contributed by atoms with Gasteiger partial charge in [-0.1, -0.05) is 41.4 Å². The lowest BCUT2D eigenvalue weighted by Crippen LogP contribution is -2.44. The summed E-state index contributed by atoms with van der Waals surface area (Å²) in [5.74, 6) is 5.20. The smallest absolute Gasteiger partial charge is 0.327 e. The van der Waals surface area contributed by atoms with Gasteiger partial charge in [-0.3, -0.25) is 4.79 Å². The van der Waals surface area contributed by atoms with Gasteiger partial charge in [0.1, 0.15) is 6.61 Å². The van der Waals surface area contributed by atoms with Gasteiger partial charge in [-0.2, -0.15) is 0 Å². The summed E-state index contributed by atoms with van der Waals surface area (Å²) < 4.78 is 33.4. The van der Waals surface area contributed by atoms with Crippen molar-refractivity contribution in [2.75, 3.05) is 12.9 Å². The first-order chi connectivity index (χ1) is 13.8. The minimum atomic E-state index is -3.74. The number of carbonyl (C=O) groups is 1. The predicted molar refractivity (Wildman–Crippen MR) is 108 cm³/mol. The Morgan fingerprint density at radius 3 is 2.69 bits per heavy atom. The van der Waals surface area contributed by atoms with Crippen LogP contribution in [0.3, 0.4) is 0 Å². The molecule has 0 unspecified atom stereocenters. The van der Waals surface area contributed by atoms with Gasteiger partial charge in [-0.05, 0) is 37.7 Å². The van der Waals surface area contributed by atoms with Crippen molar-refractivity contribution in [2.24, 2.45) is 0 Å². The van der Waals surface area contributed by atoms with Gasteiger partial charge in [0, 0.05) is 25.3 Å². The van der Waals surface area contributed by atoms with Gasteiger partial charge < -0.3 is 14.4 Å². The van der Waals surface area contributed by atoms with E-state index in [0.29, 0.717) is 24.3 Å². The number of carbonyl (C=O) groups excluding carboxylic acids is 1. The third kappa shape index (κ3) is 6.44. The fourth-order valence-electron chi connectivity index (χ4n) is 2.49. The molecule has 0 saturated carbocycles. The van der Waals surface area contributed by atoms with Crippen LogP contribution < -0.4 is 0 Å². The number of hydrogen-bond donors (Lipinski definition) is 1. The first-order valence-electron chi connectivity index (χ1n) is 9.22. The quantitative estimate of drug-likeness (QED) is 0.377. The minimum absolute atomic E-state index is 0.00230. The van der Waals surface area contributed by atoms with Crippen LogP contribution in [0, 0.1) is 11.8 Å². The highest BCUT2D eigenvalue weighted by Crippen LogP contribution is 2.25. The molecule has 1 heterocycles. The molecule has 29 heavy (non-hydrogen) atoms. The number of sulfone groups is 1. The number of rotatable bonds is 9. The van der Waals surface area contributed by atoms with Crippen LogP contribution in [0.4, 0.5) is 0 Å². The van der Waals surface area contributed by atoms with Crippen LogP contribution in [0.5, 0.6) is 0 Å². The number of hydrogen-bond acceptors (Lipinski definition) is 7. The summed E-state index contributed by atoms with van der Waals surface area (Å²) >= 11 is 0. The maximum absolute atomic E-state index is 12.6. The zero-order chi connectivity index (χ0) is 21.3. The van der Waals surface area contributed by atoms with Gasteiger partial charge in [0.05, 0.1) is 5.69 Å². The van der Waals surface area contributed by atoms with Crippen LogP contribution in [0.25, 0.3) is 0 Å². The molecule has 0 amide bonds. The van der Waals surface area contributed by atoms with E-state index in [1.807, 2.05) is 18.2 Å². The minimum Gasteiger partial charge on any atom is -0.460 e. The standard InChI is InChI=1S/C21H25NO6S/c1-21(29(2,25)26,20(24)27-16-17-9-5-3-6-10-17)13-12-18-15-19(28-22-18)11-7-4-8-14-23/h3,5-6,9-10,15,23H,4,8,12-14,16H2,1-2H3/t21-/m1/s1. The van der Waals surface area contributed by atoms with Gasteiger partial charge in [0.15, 0.2) is 14.6 Å². The summed E-state index contributed by atoms with van der Waals surface area (Å²) in [6.45, 7) is 1.44. The van der Waals surface area contributed by atoms with Crippen LogP contribution in [0.15, 0.2) is 40.9 Å². The number of aliphatic hydroxyl groups is 1. The molecule has 0 saturated heterocycles. The maximum Gasteiger partial charge on any atom is 0.327 e. The van der Waals surface area contributed by atoms with Crippen LogP contribution in [-0.4, -0.2) is 42.3 Å². The molecule has 1 aromatic carbocycles. The predicted octanol–water partition coefficient (Wildman–Crippen LogP) is 2.28. The number of nitrogens with zero attached hydrogens (tertiary/aromatic N) is 1. The van der Waals surface area contributed by atoms with E-state index >= 15 is 0 Å². The van der Waals surface area contributed by atoms with Gasteiger partial charge in [-0.15, -0.1) is 0 Å². The number of esters is 1. The Morgan fingerprint density at radius 2 is 2.03 bits per heavy atom. The lowest BCUT2D eigenvalue weighted by molar-refractivity contribution is -0.147. The second-order valence-electron chi connectivity index (χ2n) is 6.88. The summed E-state index contributed by atoms with van der Waals surface area (Å²) in [5.41, 5.74) is 1.28. The third-order valence-corrected chi connectivity index (χ3v) is 6.56. The normalized spacial score (nSPS) is 13.2.